The minimum atomic E-state index is -4.47. The average Bonchev–Trinajstić information content (AvgIpc) is 2.68. The van der Waals surface area contributed by atoms with Gasteiger partial charge in [-0.25, -0.2) is 0 Å². The summed E-state index contributed by atoms with van der Waals surface area (Å²) >= 11 is 0. The molecular formula is C13H15F3N2O. The van der Waals surface area contributed by atoms with Gasteiger partial charge < -0.3 is 10.4 Å². The van der Waals surface area contributed by atoms with Crippen LogP contribution in [0.4, 0.5) is 13.2 Å². The minimum Gasteiger partial charge on any atom is -0.385 e. The molecule has 0 spiro atoms. The van der Waals surface area contributed by atoms with Crippen molar-refractivity contribution in [2.24, 2.45) is 0 Å². The van der Waals surface area contributed by atoms with Gasteiger partial charge in [-0.2, -0.15) is 13.2 Å². The summed E-state index contributed by atoms with van der Waals surface area (Å²) in [7, 11) is 0. The number of aromatic nitrogens is 1. The van der Waals surface area contributed by atoms with Gasteiger partial charge in [0.2, 0.25) is 0 Å². The van der Waals surface area contributed by atoms with Crippen LogP contribution in [0.2, 0.25) is 0 Å². The van der Waals surface area contributed by atoms with Crippen molar-refractivity contribution in [1.29, 1.82) is 0 Å². The Labute approximate surface area is 108 Å². The quantitative estimate of drug-likeness (QED) is 0.824. The molecule has 0 radical (unpaired) electrons. The lowest BCUT2D eigenvalue weighted by molar-refractivity contribution is -0.141. The Kier molecular flexibility index (Phi) is 2.83. The summed E-state index contributed by atoms with van der Waals surface area (Å²) in [6.07, 6.45) is -0.470. The summed E-state index contributed by atoms with van der Waals surface area (Å²) in [5.41, 5.74) is -1.78. The molecule has 6 heteroatoms. The van der Waals surface area contributed by atoms with Gasteiger partial charge in [0.1, 0.15) is 5.69 Å². The van der Waals surface area contributed by atoms with E-state index in [-0.39, 0.29) is 12.1 Å². The highest BCUT2D eigenvalue weighted by atomic mass is 19.4. The summed E-state index contributed by atoms with van der Waals surface area (Å²) in [5.74, 6) is 0. The van der Waals surface area contributed by atoms with Crippen molar-refractivity contribution >= 4 is 0 Å². The number of alkyl halides is 3. The molecule has 19 heavy (non-hydrogen) atoms. The van der Waals surface area contributed by atoms with Crippen molar-refractivity contribution in [3.63, 3.8) is 0 Å². The zero-order chi connectivity index (χ0) is 13.7. The Morgan fingerprint density at radius 2 is 1.89 bits per heavy atom. The molecule has 104 valence electrons. The molecule has 3 rings (SSSR count). The number of halogens is 3. The van der Waals surface area contributed by atoms with Crippen molar-refractivity contribution in [2.75, 3.05) is 0 Å². The van der Waals surface area contributed by atoms with Crippen LogP contribution < -0.4 is 5.32 Å². The maximum Gasteiger partial charge on any atom is 0.433 e. The molecule has 2 bridgehead atoms. The topological polar surface area (TPSA) is 45.2 Å². The lowest BCUT2D eigenvalue weighted by Crippen LogP contribution is -2.46. The van der Waals surface area contributed by atoms with Gasteiger partial charge in [0.15, 0.2) is 0 Å². The van der Waals surface area contributed by atoms with Crippen molar-refractivity contribution < 1.29 is 18.3 Å². The second kappa shape index (κ2) is 4.18. The molecule has 2 N–H and O–H groups in total. The van der Waals surface area contributed by atoms with Gasteiger partial charge in [-0.1, -0.05) is 0 Å². The molecule has 2 unspecified atom stereocenters. The Balaban J connectivity index is 1.93. The Morgan fingerprint density at radius 1 is 1.26 bits per heavy atom. The molecule has 3 nitrogen and oxygen atoms in total. The second-order valence-corrected chi connectivity index (χ2v) is 5.51. The molecule has 3 heterocycles. The first-order chi connectivity index (χ1) is 8.87. The molecule has 1 aromatic heterocycles. The summed E-state index contributed by atoms with van der Waals surface area (Å²) in [6, 6.07) is 2.86. The van der Waals surface area contributed by atoms with E-state index in [0.717, 1.165) is 25.1 Å². The van der Waals surface area contributed by atoms with E-state index in [1.807, 2.05) is 0 Å². The number of aliphatic hydroxyl groups is 1. The van der Waals surface area contributed by atoms with Crippen molar-refractivity contribution in [2.45, 2.75) is 49.5 Å². The Morgan fingerprint density at radius 3 is 2.47 bits per heavy atom. The van der Waals surface area contributed by atoms with Gasteiger partial charge in [0.05, 0.1) is 5.60 Å². The lowest BCUT2D eigenvalue weighted by Gasteiger charge is -2.37. The molecule has 0 aromatic carbocycles. The minimum absolute atomic E-state index is 0.200. The van der Waals surface area contributed by atoms with E-state index in [1.165, 1.54) is 6.07 Å². The number of hydrogen-bond acceptors (Lipinski definition) is 3. The molecule has 1 aromatic rings. The van der Waals surface area contributed by atoms with Crippen molar-refractivity contribution in [3.05, 3.63) is 29.6 Å². The maximum atomic E-state index is 12.7. The van der Waals surface area contributed by atoms with Crippen molar-refractivity contribution in [3.8, 4) is 0 Å². The number of hydrogen-bond donors (Lipinski definition) is 2. The number of pyridine rings is 1. The monoisotopic (exact) mass is 272 g/mol. The number of piperidine rings is 1. The zero-order valence-corrected chi connectivity index (χ0v) is 10.2. The van der Waals surface area contributed by atoms with E-state index in [4.69, 9.17) is 0 Å². The standard InChI is InChI=1S/C13H15F3N2O/c14-13(15,16)11-5-8(3-4-17-11)12(19)6-9-1-2-10(7-12)18-9/h3-5,9-10,18-19H,1-2,6-7H2. The third-order valence-corrected chi connectivity index (χ3v) is 4.09. The van der Waals surface area contributed by atoms with Gasteiger partial charge in [-0.05, 0) is 43.4 Å². The third-order valence-electron chi connectivity index (χ3n) is 4.09. The lowest BCUT2D eigenvalue weighted by atomic mass is 9.81. The highest BCUT2D eigenvalue weighted by molar-refractivity contribution is 5.26. The van der Waals surface area contributed by atoms with E-state index in [9.17, 15) is 18.3 Å². The van der Waals surface area contributed by atoms with Crippen LogP contribution in [0.5, 0.6) is 0 Å². The van der Waals surface area contributed by atoms with Gasteiger partial charge in [0, 0.05) is 18.3 Å². The van der Waals surface area contributed by atoms with Gasteiger partial charge >= 0.3 is 6.18 Å². The van der Waals surface area contributed by atoms with Crippen LogP contribution in [-0.2, 0) is 11.8 Å². The Bertz CT molecular complexity index is 477. The first-order valence-electron chi connectivity index (χ1n) is 6.39. The SMILES string of the molecule is OC1(c2ccnc(C(F)(F)F)c2)CC2CCC(C1)N2. The van der Waals surface area contributed by atoms with E-state index in [1.54, 1.807) is 0 Å². The number of nitrogens with one attached hydrogen (secondary N) is 1. The van der Waals surface area contributed by atoms with Crippen LogP contribution in [-0.4, -0.2) is 22.2 Å². The number of nitrogens with zero attached hydrogens (tertiary/aromatic N) is 1. The Hall–Kier alpha value is -1.14. The molecule has 2 aliphatic rings. The van der Waals surface area contributed by atoms with Gasteiger partial charge in [-0.15, -0.1) is 0 Å². The zero-order valence-electron chi connectivity index (χ0n) is 10.2. The first-order valence-corrected chi connectivity index (χ1v) is 6.39. The fourth-order valence-electron chi connectivity index (χ4n) is 3.23. The smallest absolute Gasteiger partial charge is 0.385 e. The highest BCUT2D eigenvalue weighted by Crippen LogP contribution is 2.41. The number of fused-ring (bicyclic) bond motifs is 2. The highest BCUT2D eigenvalue weighted by Gasteiger charge is 2.44. The molecule has 2 atom stereocenters. The molecule has 2 fully saturated rings. The van der Waals surface area contributed by atoms with Crippen LogP contribution in [0.15, 0.2) is 18.3 Å². The third kappa shape index (κ3) is 2.34. The molecular weight excluding hydrogens is 257 g/mol. The predicted octanol–water partition coefficient (Wildman–Crippen LogP) is 2.20. The maximum absolute atomic E-state index is 12.7. The molecule has 2 saturated heterocycles. The molecule has 0 saturated carbocycles. The second-order valence-electron chi connectivity index (χ2n) is 5.51. The van der Waals surface area contributed by atoms with E-state index >= 15 is 0 Å². The van der Waals surface area contributed by atoms with E-state index in [2.05, 4.69) is 10.3 Å². The van der Waals surface area contributed by atoms with Crippen LogP contribution in [0.3, 0.4) is 0 Å². The summed E-state index contributed by atoms with van der Waals surface area (Å²) in [5, 5.41) is 14.0. The summed E-state index contributed by atoms with van der Waals surface area (Å²) in [4.78, 5) is 3.34. The van der Waals surface area contributed by atoms with E-state index < -0.39 is 17.5 Å². The molecule has 0 amide bonds. The van der Waals surface area contributed by atoms with Crippen LogP contribution in [0, 0.1) is 0 Å². The van der Waals surface area contributed by atoms with Crippen LogP contribution in [0.1, 0.15) is 36.9 Å². The van der Waals surface area contributed by atoms with Crippen LogP contribution in [0.25, 0.3) is 0 Å². The van der Waals surface area contributed by atoms with Gasteiger partial charge in [0.25, 0.3) is 0 Å². The molecule has 2 aliphatic heterocycles. The van der Waals surface area contributed by atoms with Gasteiger partial charge in [-0.3, -0.25) is 4.98 Å². The van der Waals surface area contributed by atoms with Crippen LogP contribution >= 0.6 is 0 Å². The molecule has 0 aliphatic carbocycles. The largest absolute Gasteiger partial charge is 0.433 e. The summed E-state index contributed by atoms with van der Waals surface area (Å²) in [6.45, 7) is 0. The average molecular weight is 272 g/mol. The fraction of sp³-hybridized carbons (Fsp3) is 0.615. The first kappa shape index (κ1) is 12.9. The van der Waals surface area contributed by atoms with Crippen molar-refractivity contribution in [1.82, 2.24) is 10.3 Å². The van der Waals surface area contributed by atoms with E-state index in [0.29, 0.717) is 18.4 Å². The normalized spacial score (nSPS) is 34.5. The summed E-state index contributed by atoms with van der Waals surface area (Å²) < 4.78 is 38.0. The fourth-order valence-corrected chi connectivity index (χ4v) is 3.23. The predicted molar refractivity (Wildman–Crippen MR) is 62.3 cm³/mol. The number of rotatable bonds is 1.